The van der Waals surface area contributed by atoms with Gasteiger partial charge in [0.2, 0.25) is 0 Å². The summed E-state index contributed by atoms with van der Waals surface area (Å²) in [5.41, 5.74) is 1.14. The number of thiazole rings is 1. The van der Waals surface area contributed by atoms with Gasteiger partial charge in [-0.1, -0.05) is 12.1 Å². The van der Waals surface area contributed by atoms with Crippen LogP contribution in [-0.2, 0) is 6.42 Å². The molecule has 2 heterocycles. The van der Waals surface area contributed by atoms with E-state index in [9.17, 15) is 0 Å². The minimum atomic E-state index is -0.0710. The highest BCUT2D eigenvalue weighted by Crippen LogP contribution is 2.27. The van der Waals surface area contributed by atoms with Gasteiger partial charge in [-0.2, -0.15) is 0 Å². The molecule has 0 saturated carbocycles. The molecule has 2 aromatic rings. The van der Waals surface area contributed by atoms with Gasteiger partial charge in [0.25, 0.3) is 0 Å². The highest BCUT2D eigenvalue weighted by molar-refractivity contribution is 14.0. The predicted octanol–water partition coefficient (Wildman–Crippen LogP) is 3.94. The molecule has 0 bridgehead atoms. The smallest absolute Gasteiger partial charge is 0.191 e. The molecule has 1 fully saturated rings. The van der Waals surface area contributed by atoms with E-state index in [1.807, 2.05) is 31.2 Å². The van der Waals surface area contributed by atoms with E-state index >= 15 is 0 Å². The molecule has 31 heavy (non-hydrogen) atoms. The second-order valence-corrected chi connectivity index (χ2v) is 8.13. The van der Waals surface area contributed by atoms with Crippen molar-refractivity contribution in [3.05, 3.63) is 35.3 Å². The van der Waals surface area contributed by atoms with Gasteiger partial charge in [-0.3, -0.25) is 0 Å². The normalized spacial score (nSPS) is 14.7. The summed E-state index contributed by atoms with van der Waals surface area (Å²) in [5.74, 6) is 2.26. The number of aliphatic imine (C=N–C) groups is 1. The Bertz CT molecular complexity index is 811. The molecule has 1 unspecified atom stereocenters. The largest absolute Gasteiger partial charge is 0.493 e. The summed E-state index contributed by atoms with van der Waals surface area (Å²) in [7, 11) is 1.65. The number of anilines is 1. The summed E-state index contributed by atoms with van der Waals surface area (Å²) in [6.07, 6.45) is 3.36. The zero-order valence-corrected chi connectivity index (χ0v) is 21.7. The molecule has 2 N–H and O–H groups in total. The van der Waals surface area contributed by atoms with Crippen molar-refractivity contribution < 1.29 is 9.47 Å². The first kappa shape index (κ1) is 25.5. The number of aromatic nitrogens is 1. The molecule has 1 saturated heterocycles. The Morgan fingerprint density at radius 2 is 1.97 bits per heavy atom. The fourth-order valence-electron chi connectivity index (χ4n) is 3.31. The summed E-state index contributed by atoms with van der Waals surface area (Å²) < 4.78 is 11.3. The lowest BCUT2D eigenvalue weighted by Crippen LogP contribution is -2.39. The van der Waals surface area contributed by atoms with Gasteiger partial charge in [-0.25, -0.2) is 9.98 Å². The summed E-state index contributed by atoms with van der Waals surface area (Å²) in [4.78, 5) is 11.8. The maximum Gasteiger partial charge on any atom is 0.191 e. The van der Waals surface area contributed by atoms with E-state index in [4.69, 9.17) is 14.5 Å². The van der Waals surface area contributed by atoms with Gasteiger partial charge in [-0.05, 0) is 38.8 Å². The lowest BCUT2D eigenvalue weighted by Gasteiger charge is -2.16. The van der Waals surface area contributed by atoms with Gasteiger partial charge in [-0.15, -0.1) is 35.3 Å². The predicted molar refractivity (Wildman–Crippen MR) is 140 cm³/mol. The van der Waals surface area contributed by atoms with Gasteiger partial charge in [0.15, 0.2) is 22.6 Å². The maximum absolute atomic E-state index is 5.99. The minimum Gasteiger partial charge on any atom is -0.493 e. The number of hydrogen-bond donors (Lipinski definition) is 2. The number of guanidine groups is 1. The second-order valence-electron chi connectivity index (χ2n) is 7.29. The van der Waals surface area contributed by atoms with E-state index in [2.05, 4.69) is 32.8 Å². The zero-order valence-electron chi connectivity index (χ0n) is 18.6. The monoisotopic (exact) mass is 559 g/mol. The first-order valence-electron chi connectivity index (χ1n) is 10.7. The number of para-hydroxylation sites is 2. The molecule has 1 atom stereocenters. The van der Waals surface area contributed by atoms with E-state index < -0.39 is 0 Å². The minimum absolute atomic E-state index is 0. The highest BCUT2D eigenvalue weighted by Gasteiger charge is 2.15. The molecule has 1 aromatic heterocycles. The molecule has 0 radical (unpaired) electrons. The van der Waals surface area contributed by atoms with Crippen LogP contribution in [0.1, 0.15) is 32.4 Å². The van der Waals surface area contributed by atoms with Crippen molar-refractivity contribution in [2.75, 3.05) is 44.7 Å². The van der Waals surface area contributed by atoms with Crippen LogP contribution in [-0.4, -0.2) is 56.9 Å². The van der Waals surface area contributed by atoms with Gasteiger partial charge < -0.3 is 25.0 Å². The number of nitrogens with zero attached hydrogens (tertiary/aromatic N) is 3. The Morgan fingerprint density at radius 1 is 1.23 bits per heavy atom. The van der Waals surface area contributed by atoms with E-state index in [1.54, 1.807) is 18.4 Å². The maximum atomic E-state index is 5.99. The van der Waals surface area contributed by atoms with Crippen molar-refractivity contribution in [3.8, 4) is 11.5 Å². The van der Waals surface area contributed by atoms with Crippen LogP contribution in [0, 0.1) is 0 Å². The van der Waals surface area contributed by atoms with Crippen molar-refractivity contribution in [2.24, 2.45) is 4.99 Å². The third-order valence-corrected chi connectivity index (χ3v) is 5.79. The summed E-state index contributed by atoms with van der Waals surface area (Å²) in [6.45, 7) is 8.49. The van der Waals surface area contributed by atoms with Crippen LogP contribution in [0.4, 0.5) is 5.13 Å². The van der Waals surface area contributed by atoms with Crippen LogP contribution < -0.4 is 25.0 Å². The van der Waals surface area contributed by atoms with E-state index in [0.29, 0.717) is 6.54 Å². The van der Waals surface area contributed by atoms with Crippen LogP contribution in [0.25, 0.3) is 0 Å². The van der Waals surface area contributed by atoms with Crippen molar-refractivity contribution >= 4 is 46.4 Å². The fourth-order valence-corrected chi connectivity index (χ4v) is 4.22. The van der Waals surface area contributed by atoms with Gasteiger partial charge in [0, 0.05) is 38.0 Å². The zero-order chi connectivity index (χ0) is 21.2. The lowest BCUT2D eigenvalue weighted by atomic mass is 10.3. The lowest BCUT2D eigenvalue weighted by molar-refractivity contribution is 0.219. The third kappa shape index (κ3) is 8.03. The Hall–Kier alpha value is -1.75. The molecule has 1 aliphatic rings. The third-order valence-electron chi connectivity index (χ3n) is 4.84. The molecular weight excluding hydrogens is 525 g/mol. The SMILES string of the molecule is CCNC(=NCC(C)Oc1ccccc1OC)NCCc1csc(N2CCCC2)n1.I. The topological polar surface area (TPSA) is 71.0 Å². The number of benzene rings is 1. The first-order valence-corrected chi connectivity index (χ1v) is 11.6. The molecule has 3 rings (SSSR count). The Morgan fingerprint density at radius 3 is 2.68 bits per heavy atom. The van der Waals surface area contributed by atoms with Crippen LogP contribution in [0.15, 0.2) is 34.6 Å². The van der Waals surface area contributed by atoms with Gasteiger partial charge >= 0.3 is 0 Å². The average Bonchev–Trinajstić information content (AvgIpc) is 3.44. The summed E-state index contributed by atoms with van der Waals surface area (Å²) >= 11 is 1.75. The molecule has 1 aromatic carbocycles. The van der Waals surface area contributed by atoms with Crippen LogP contribution in [0.2, 0.25) is 0 Å². The molecular formula is C22H34IN5O2S. The molecule has 0 spiro atoms. The van der Waals surface area contributed by atoms with Crippen LogP contribution in [0.5, 0.6) is 11.5 Å². The Labute approximate surface area is 206 Å². The van der Waals surface area contributed by atoms with Gasteiger partial charge in [0.1, 0.15) is 6.10 Å². The number of nitrogens with one attached hydrogen (secondary N) is 2. The van der Waals surface area contributed by atoms with Crippen molar-refractivity contribution in [1.29, 1.82) is 0 Å². The average molecular weight is 560 g/mol. The molecule has 0 amide bonds. The molecule has 9 heteroatoms. The van der Waals surface area contributed by atoms with Crippen LogP contribution >= 0.6 is 35.3 Å². The second kappa shape index (κ2) is 13.6. The molecule has 0 aliphatic carbocycles. The molecule has 172 valence electrons. The number of halogens is 1. The number of methoxy groups -OCH3 is 1. The first-order chi connectivity index (χ1) is 14.7. The molecule has 1 aliphatic heterocycles. The Kier molecular flexibility index (Phi) is 11.2. The number of ether oxygens (including phenoxy) is 2. The van der Waals surface area contributed by atoms with E-state index in [0.717, 1.165) is 60.9 Å². The van der Waals surface area contributed by atoms with E-state index in [-0.39, 0.29) is 30.1 Å². The number of rotatable bonds is 10. The van der Waals surface area contributed by atoms with Gasteiger partial charge in [0.05, 0.1) is 19.3 Å². The number of hydrogen-bond acceptors (Lipinski definition) is 6. The van der Waals surface area contributed by atoms with Crippen molar-refractivity contribution in [3.63, 3.8) is 0 Å². The van der Waals surface area contributed by atoms with Crippen molar-refractivity contribution in [1.82, 2.24) is 15.6 Å². The molecule has 7 nitrogen and oxygen atoms in total. The summed E-state index contributed by atoms with van der Waals surface area (Å²) in [5, 5.41) is 10.0. The van der Waals surface area contributed by atoms with Crippen molar-refractivity contribution in [2.45, 2.75) is 39.2 Å². The fraction of sp³-hybridized carbons (Fsp3) is 0.545. The quantitative estimate of drug-likeness (QED) is 0.261. The highest BCUT2D eigenvalue weighted by atomic mass is 127. The standard InChI is InChI=1S/C22H33N5O2S.HI/c1-4-23-21(25-15-17(2)29-20-10-6-5-9-19(20)28-3)24-12-11-18-16-30-22(26-18)27-13-7-8-14-27;/h5-6,9-10,16-17H,4,7-8,11-15H2,1-3H3,(H2,23,24,25);1H. The van der Waals surface area contributed by atoms with E-state index in [1.165, 1.54) is 12.8 Å². The Balaban J connectivity index is 0.00000341. The van der Waals surface area contributed by atoms with Crippen LogP contribution in [0.3, 0.4) is 0 Å². The summed E-state index contributed by atoms with van der Waals surface area (Å²) in [6, 6.07) is 7.67.